The van der Waals surface area contributed by atoms with E-state index in [9.17, 15) is 13.2 Å². The minimum absolute atomic E-state index is 0.196. The summed E-state index contributed by atoms with van der Waals surface area (Å²) in [7, 11) is -1.97. The van der Waals surface area contributed by atoms with Crippen molar-refractivity contribution in [2.45, 2.75) is 42.5 Å². The lowest BCUT2D eigenvalue weighted by atomic mass is 10.1. The number of carbonyl (C=O) groups is 1. The number of hydrogen-bond donors (Lipinski definition) is 2. The zero-order valence-electron chi connectivity index (χ0n) is 19.7. The predicted molar refractivity (Wildman–Crippen MR) is 134 cm³/mol. The Morgan fingerprint density at radius 1 is 1.15 bits per heavy atom. The molecule has 1 amide bonds. The van der Waals surface area contributed by atoms with Crippen molar-refractivity contribution in [3.8, 4) is 5.75 Å². The van der Waals surface area contributed by atoms with Crippen LogP contribution in [0.25, 0.3) is 0 Å². The van der Waals surface area contributed by atoms with Crippen LogP contribution in [-0.4, -0.2) is 76.0 Å². The second-order valence-corrected chi connectivity index (χ2v) is 12.2. The van der Waals surface area contributed by atoms with Gasteiger partial charge in [-0.3, -0.25) is 4.79 Å². The minimum atomic E-state index is -3.52. The van der Waals surface area contributed by atoms with Gasteiger partial charge in [0.1, 0.15) is 9.96 Å². The molecule has 186 valence electrons. The van der Waals surface area contributed by atoms with E-state index in [1.807, 2.05) is 0 Å². The maximum atomic E-state index is 13.1. The first-order valence-corrected chi connectivity index (χ1v) is 14.2. The van der Waals surface area contributed by atoms with Gasteiger partial charge in [-0.05, 0) is 62.7 Å². The van der Waals surface area contributed by atoms with E-state index in [1.165, 1.54) is 43.7 Å². The van der Waals surface area contributed by atoms with E-state index in [0.29, 0.717) is 28.6 Å². The van der Waals surface area contributed by atoms with E-state index in [-0.39, 0.29) is 18.5 Å². The molecule has 1 aromatic heterocycles. The zero-order valence-corrected chi connectivity index (χ0v) is 21.3. The largest absolute Gasteiger partial charge is 0.497 e. The second-order valence-electron chi connectivity index (χ2n) is 8.84. The second kappa shape index (κ2) is 11.6. The van der Waals surface area contributed by atoms with Crippen molar-refractivity contribution < 1.29 is 17.9 Å². The molecule has 0 aliphatic carbocycles. The van der Waals surface area contributed by atoms with Crippen LogP contribution in [0.3, 0.4) is 0 Å². The van der Waals surface area contributed by atoms with Gasteiger partial charge in [-0.1, -0.05) is 12.5 Å². The van der Waals surface area contributed by atoms with E-state index >= 15 is 0 Å². The average Bonchev–Trinajstić information content (AvgIpc) is 3.54. The molecule has 0 saturated carbocycles. The maximum absolute atomic E-state index is 13.1. The number of nitrogens with zero attached hydrogens (tertiary/aromatic N) is 2. The molecule has 8 nitrogen and oxygen atoms in total. The third kappa shape index (κ3) is 6.37. The van der Waals surface area contributed by atoms with Crippen molar-refractivity contribution in [2.75, 3.05) is 46.4 Å². The molecule has 4 rings (SSSR count). The standard InChI is InChI=1S/C24H34N4O4S2/c1-32-21-7-5-6-19(16-21)24(29)26-17-22-8-9-23(33-22)34(30,31)28-14-10-20(18-28)25-11-15-27-12-3-2-4-13-27/h5-9,16,20,25H,2-4,10-15,17-18H2,1H3,(H,26,29). The first kappa shape index (κ1) is 25.1. The fourth-order valence-electron chi connectivity index (χ4n) is 4.48. The number of ether oxygens (including phenoxy) is 1. The molecule has 2 saturated heterocycles. The normalized spacial score (nSPS) is 19.9. The van der Waals surface area contributed by atoms with Crippen LogP contribution in [0.4, 0.5) is 0 Å². The Morgan fingerprint density at radius 3 is 2.76 bits per heavy atom. The Balaban J connectivity index is 1.26. The molecule has 0 spiro atoms. The highest BCUT2D eigenvalue weighted by molar-refractivity contribution is 7.91. The fraction of sp³-hybridized carbons (Fsp3) is 0.542. The summed E-state index contributed by atoms with van der Waals surface area (Å²) in [5.41, 5.74) is 0.500. The van der Waals surface area contributed by atoms with Gasteiger partial charge in [0.15, 0.2) is 0 Å². The monoisotopic (exact) mass is 506 g/mol. The lowest BCUT2D eigenvalue weighted by molar-refractivity contribution is 0.0951. The minimum Gasteiger partial charge on any atom is -0.497 e. The molecule has 1 unspecified atom stereocenters. The molecule has 1 aromatic carbocycles. The predicted octanol–water partition coefficient (Wildman–Crippen LogP) is 2.53. The summed E-state index contributed by atoms with van der Waals surface area (Å²) in [6.45, 7) is 5.58. The number of piperidine rings is 1. The molecule has 0 radical (unpaired) electrons. The van der Waals surface area contributed by atoms with Gasteiger partial charge in [-0.25, -0.2) is 8.42 Å². The summed E-state index contributed by atoms with van der Waals surface area (Å²) in [6, 6.07) is 10.5. The van der Waals surface area contributed by atoms with Gasteiger partial charge in [-0.15, -0.1) is 11.3 Å². The highest BCUT2D eigenvalue weighted by Crippen LogP contribution is 2.27. The lowest BCUT2D eigenvalue weighted by Gasteiger charge is -2.27. The summed E-state index contributed by atoms with van der Waals surface area (Å²) in [5.74, 6) is 0.386. The quantitative estimate of drug-likeness (QED) is 0.515. The Bertz CT molecular complexity index is 1070. The van der Waals surface area contributed by atoms with Crippen LogP contribution >= 0.6 is 11.3 Å². The van der Waals surface area contributed by atoms with E-state index in [2.05, 4.69) is 15.5 Å². The Hall–Kier alpha value is -1.98. The first-order valence-electron chi connectivity index (χ1n) is 11.9. The molecule has 2 aromatic rings. The SMILES string of the molecule is COc1cccc(C(=O)NCc2ccc(S(=O)(=O)N3CCC(NCCN4CCCCC4)C3)s2)c1. The number of hydrogen-bond acceptors (Lipinski definition) is 7. The van der Waals surface area contributed by atoms with Crippen molar-refractivity contribution in [1.29, 1.82) is 0 Å². The number of sulfonamides is 1. The van der Waals surface area contributed by atoms with Gasteiger partial charge in [0.05, 0.1) is 13.7 Å². The highest BCUT2D eigenvalue weighted by Gasteiger charge is 2.33. The number of methoxy groups -OCH3 is 1. The van der Waals surface area contributed by atoms with Gasteiger partial charge < -0.3 is 20.3 Å². The number of carbonyl (C=O) groups excluding carboxylic acids is 1. The van der Waals surface area contributed by atoms with E-state index in [1.54, 1.807) is 47.8 Å². The van der Waals surface area contributed by atoms with Crippen LogP contribution in [-0.2, 0) is 16.6 Å². The molecule has 2 aliphatic rings. The van der Waals surface area contributed by atoms with Crippen LogP contribution in [0, 0.1) is 0 Å². The van der Waals surface area contributed by atoms with Gasteiger partial charge in [0.2, 0.25) is 0 Å². The smallest absolute Gasteiger partial charge is 0.252 e. The van der Waals surface area contributed by atoms with Gasteiger partial charge in [0.25, 0.3) is 15.9 Å². The number of rotatable bonds is 10. The van der Waals surface area contributed by atoms with Crippen molar-refractivity contribution in [1.82, 2.24) is 19.8 Å². The van der Waals surface area contributed by atoms with E-state index in [4.69, 9.17) is 4.74 Å². The Labute approximate surface area is 206 Å². The third-order valence-electron chi connectivity index (χ3n) is 6.45. The molecule has 2 aliphatic heterocycles. The average molecular weight is 507 g/mol. The molecule has 10 heteroatoms. The van der Waals surface area contributed by atoms with Crippen LogP contribution in [0.5, 0.6) is 5.75 Å². The van der Waals surface area contributed by atoms with E-state index in [0.717, 1.165) is 24.4 Å². The number of amides is 1. The number of benzene rings is 1. The highest BCUT2D eigenvalue weighted by atomic mass is 32.2. The molecular weight excluding hydrogens is 472 g/mol. The number of thiophene rings is 1. The van der Waals surface area contributed by atoms with Crippen molar-refractivity contribution >= 4 is 27.3 Å². The molecule has 2 N–H and O–H groups in total. The topological polar surface area (TPSA) is 91.0 Å². The van der Waals surface area contributed by atoms with Crippen LogP contribution in [0.2, 0.25) is 0 Å². The molecule has 3 heterocycles. The molecule has 1 atom stereocenters. The molecular formula is C24H34N4O4S2. The number of likely N-dealkylation sites (tertiary alicyclic amines) is 1. The summed E-state index contributed by atoms with van der Waals surface area (Å²) < 4.78 is 33.4. The summed E-state index contributed by atoms with van der Waals surface area (Å²) >= 11 is 1.21. The van der Waals surface area contributed by atoms with Crippen molar-refractivity contribution in [2.24, 2.45) is 0 Å². The fourth-order valence-corrected chi connectivity index (χ4v) is 7.43. The van der Waals surface area contributed by atoms with Crippen LogP contribution in [0.1, 0.15) is 40.9 Å². The first-order chi connectivity index (χ1) is 16.5. The maximum Gasteiger partial charge on any atom is 0.252 e. The third-order valence-corrected chi connectivity index (χ3v) is 9.86. The summed E-state index contributed by atoms with van der Waals surface area (Å²) in [5, 5.41) is 6.39. The summed E-state index contributed by atoms with van der Waals surface area (Å²) in [4.78, 5) is 15.7. The van der Waals surface area contributed by atoms with Crippen molar-refractivity contribution in [3.05, 3.63) is 46.8 Å². The number of nitrogens with one attached hydrogen (secondary N) is 2. The zero-order chi connectivity index (χ0) is 24.0. The van der Waals surface area contributed by atoms with Crippen LogP contribution in [0.15, 0.2) is 40.6 Å². The Morgan fingerprint density at radius 2 is 1.97 bits per heavy atom. The van der Waals surface area contributed by atoms with E-state index < -0.39 is 10.0 Å². The molecule has 0 bridgehead atoms. The molecule has 2 fully saturated rings. The van der Waals surface area contributed by atoms with Crippen molar-refractivity contribution in [3.63, 3.8) is 0 Å². The van der Waals surface area contributed by atoms with Crippen LogP contribution < -0.4 is 15.4 Å². The van der Waals surface area contributed by atoms with Gasteiger partial charge in [0, 0.05) is 42.7 Å². The molecule has 34 heavy (non-hydrogen) atoms. The summed E-state index contributed by atoms with van der Waals surface area (Å²) in [6.07, 6.45) is 4.72. The Kier molecular flexibility index (Phi) is 8.60. The van der Waals surface area contributed by atoms with Gasteiger partial charge in [-0.2, -0.15) is 4.31 Å². The lowest BCUT2D eigenvalue weighted by Crippen LogP contribution is -2.40. The van der Waals surface area contributed by atoms with Gasteiger partial charge >= 0.3 is 0 Å².